The summed E-state index contributed by atoms with van der Waals surface area (Å²) in [6, 6.07) is 15.8. The van der Waals surface area contributed by atoms with Gasteiger partial charge in [0.15, 0.2) is 5.78 Å². The van der Waals surface area contributed by atoms with E-state index in [1.807, 2.05) is 18.2 Å². The summed E-state index contributed by atoms with van der Waals surface area (Å²) in [5.41, 5.74) is 4.83. The van der Waals surface area contributed by atoms with Crippen LogP contribution in [0.4, 0.5) is 5.69 Å². The van der Waals surface area contributed by atoms with Crippen molar-refractivity contribution in [2.24, 2.45) is 5.41 Å². The zero-order chi connectivity index (χ0) is 21.2. The quantitative estimate of drug-likeness (QED) is 0.383. The molecule has 5 heteroatoms. The molecule has 0 fully saturated rings. The standard InChI is InChI=1S/C25H21BrClNO2/c1-25(2)11-17-16-8-7-13-5-3-4-6-15(13)23(16)28-22(21(17)20(29)12-25)14-9-18(26)24(30)19(27)10-14/h3-10,22,28,30H,11-12H2,1-2H3/t22-/m1/s1. The number of phenols is 1. The molecule has 1 aliphatic heterocycles. The Morgan fingerprint density at radius 1 is 1.13 bits per heavy atom. The summed E-state index contributed by atoms with van der Waals surface area (Å²) >= 11 is 9.67. The minimum atomic E-state index is -0.323. The number of hydrogen-bond donors (Lipinski definition) is 2. The Balaban J connectivity index is 1.80. The molecule has 2 aliphatic rings. The molecular formula is C25H21BrClNO2. The van der Waals surface area contributed by atoms with Crippen molar-refractivity contribution in [3.8, 4) is 5.75 Å². The van der Waals surface area contributed by atoms with Gasteiger partial charge in [0.1, 0.15) is 5.75 Å². The van der Waals surface area contributed by atoms with Gasteiger partial charge in [-0.2, -0.15) is 0 Å². The van der Waals surface area contributed by atoms with E-state index in [4.69, 9.17) is 11.6 Å². The van der Waals surface area contributed by atoms with E-state index in [0.29, 0.717) is 10.9 Å². The zero-order valence-electron chi connectivity index (χ0n) is 16.7. The summed E-state index contributed by atoms with van der Waals surface area (Å²) in [7, 11) is 0. The number of hydrogen-bond acceptors (Lipinski definition) is 3. The number of carbonyl (C=O) groups excluding carboxylic acids is 1. The minimum Gasteiger partial charge on any atom is -0.505 e. The van der Waals surface area contributed by atoms with E-state index in [2.05, 4.69) is 59.4 Å². The lowest BCUT2D eigenvalue weighted by Crippen LogP contribution is -2.33. The summed E-state index contributed by atoms with van der Waals surface area (Å²) in [5, 5.41) is 16.3. The lowest BCUT2D eigenvalue weighted by Gasteiger charge is -2.40. The molecule has 0 saturated heterocycles. The van der Waals surface area contributed by atoms with E-state index in [9.17, 15) is 9.90 Å². The van der Waals surface area contributed by atoms with Crippen LogP contribution in [0.15, 0.2) is 58.6 Å². The van der Waals surface area contributed by atoms with Gasteiger partial charge >= 0.3 is 0 Å². The minimum absolute atomic E-state index is 0.00684. The van der Waals surface area contributed by atoms with E-state index in [-0.39, 0.29) is 28.0 Å². The highest BCUT2D eigenvalue weighted by Gasteiger charge is 2.40. The fourth-order valence-corrected chi connectivity index (χ4v) is 5.63. The lowest BCUT2D eigenvalue weighted by molar-refractivity contribution is -0.118. The number of allylic oxidation sites excluding steroid dienone is 1. The Morgan fingerprint density at radius 2 is 1.90 bits per heavy atom. The first-order valence-electron chi connectivity index (χ1n) is 9.98. The maximum absolute atomic E-state index is 13.3. The van der Waals surface area contributed by atoms with E-state index in [1.54, 1.807) is 6.07 Å². The molecular weight excluding hydrogens is 462 g/mol. The number of fused-ring (bicyclic) bond motifs is 4. The fourth-order valence-electron chi connectivity index (χ4n) is 4.81. The molecule has 0 aromatic heterocycles. The van der Waals surface area contributed by atoms with Crippen molar-refractivity contribution in [3.63, 3.8) is 0 Å². The average molecular weight is 483 g/mol. The number of ketones is 1. The second-order valence-corrected chi connectivity index (χ2v) is 10.2. The van der Waals surface area contributed by atoms with Crippen LogP contribution in [0.2, 0.25) is 5.02 Å². The first kappa shape index (κ1) is 19.7. The monoisotopic (exact) mass is 481 g/mol. The second-order valence-electron chi connectivity index (χ2n) is 8.95. The number of rotatable bonds is 1. The highest BCUT2D eigenvalue weighted by Crippen LogP contribution is 2.52. The third-order valence-corrected chi connectivity index (χ3v) is 7.02. The van der Waals surface area contributed by atoms with Crippen LogP contribution >= 0.6 is 27.5 Å². The molecule has 30 heavy (non-hydrogen) atoms. The summed E-state index contributed by atoms with van der Waals surface area (Å²) in [5.74, 6) is 0.172. The number of phenolic OH excluding ortho intramolecular Hbond substituents is 1. The highest BCUT2D eigenvalue weighted by molar-refractivity contribution is 9.10. The molecule has 0 saturated carbocycles. The first-order valence-corrected chi connectivity index (χ1v) is 11.1. The van der Waals surface area contributed by atoms with Gasteiger partial charge in [0.05, 0.1) is 21.2 Å². The number of nitrogens with one attached hydrogen (secondary N) is 1. The Labute approximate surface area is 188 Å². The van der Waals surface area contributed by atoms with Crippen molar-refractivity contribution in [3.05, 3.63) is 74.7 Å². The van der Waals surface area contributed by atoms with Crippen LogP contribution in [0.5, 0.6) is 5.75 Å². The van der Waals surface area contributed by atoms with E-state index in [0.717, 1.165) is 45.2 Å². The highest BCUT2D eigenvalue weighted by atomic mass is 79.9. The number of Topliss-reactive ketones (excluding diaryl/α,β-unsaturated/α-hetero) is 1. The normalized spacial score (nSPS) is 20.0. The molecule has 0 bridgehead atoms. The van der Waals surface area contributed by atoms with Crippen LogP contribution in [0.1, 0.15) is 43.9 Å². The van der Waals surface area contributed by atoms with Crippen LogP contribution < -0.4 is 5.32 Å². The van der Waals surface area contributed by atoms with Gasteiger partial charge in [-0.25, -0.2) is 0 Å². The third kappa shape index (κ3) is 3.05. The smallest absolute Gasteiger partial charge is 0.162 e. The van der Waals surface area contributed by atoms with Crippen LogP contribution in [-0.4, -0.2) is 10.9 Å². The van der Waals surface area contributed by atoms with Gasteiger partial charge in [0.25, 0.3) is 0 Å². The number of anilines is 1. The first-order chi connectivity index (χ1) is 14.2. The van der Waals surface area contributed by atoms with Crippen molar-refractivity contribution >= 4 is 55.3 Å². The molecule has 3 nitrogen and oxygen atoms in total. The molecule has 2 N–H and O–H groups in total. The third-order valence-electron chi connectivity index (χ3n) is 6.12. The number of aromatic hydroxyl groups is 1. The van der Waals surface area contributed by atoms with Crippen LogP contribution in [-0.2, 0) is 4.79 Å². The van der Waals surface area contributed by atoms with E-state index in [1.165, 1.54) is 0 Å². The summed E-state index contributed by atoms with van der Waals surface area (Å²) < 4.78 is 0.515. The number of carbonyl (C=O) groups is 1. The molecule has 0 amide bonds. The largest absolute Gasteiger partial charge is 0.505 e. The maximum atomic E-state index is 13.3. The molecule has 0 unspecified atom stereocenters. The number of benzene rings is 3. The maximum Gasteiger partial charge on any atom is 0.162 e. The Bertz CT molecular complexity index is 1240. The predicted molar refractivity (Wildman–Crippen MR) is 126 cm³/mol. The van der Waals surface area contributed by atoms with Gasteiger partial charge in [-0.3, -0.25) is 4.79 Å². The molecule has 1 atom stereocenters. The summed E-state index contributed by atoms with van der Waals surface area (Å²) in [4.78, 5) is 13.3. The molecule has 1 heterocycles. The van der Waals surface area contributed by atoms with Gasteiger partial charge in [-0.1, -0.05) is 61.8 Å². The molecule has 0 spiro atoms. The SMILES string of the molecule is CC1(C)CC(=O)C2=C(C1)c1ccc3ccccc3c1N[C@@H]2c1cc(Cl)c(O)c(Br)c1. The van der Waals surface area contributed by atoms with Crippen LogP contribution in [0, 0.1) is 5.41 Å². The van der Waals surface area contributed by atoms with Crippen molar-refractivity contribution < 1.29 is 9.90 Å². The molecule has 1 aliphatic carbocycles. The average Bonchev–Trinajstić information content (AvgIpc) is 2.69. The topological polar surface area (TPSA) is 49.3 Å². The van der Waals surface area contributed by atoms with E-state index >= 15 is 0 Å². The van der Waals surface area contributed by atoms with Crippen molar-refractivity contribution in [1.82, 2.24) is 0 Å². The van der Waals surface area contributed by atoms with Gasteiger partial charge < -0.3 is 10.4 Å². The van der Waals surface area contributed by atoms with Crippen molar-refractivity contribution in [2.45, 2.75) is 32.7 Å². The molecule has 5 rings (SSSR count). The van der Waals surface area contributed by atoms with Crippen LogP contribution in [0.25, 0.3) is 16.3 Å². The second kappa shape index (κ2) is 6.86. The van der Waals surface area contributed by atoms with Crippen LogP contribution in [0.3, 0.4) is 0 Å². The van der Waals surface area contributed by atoms with Gasteiger partial charge in [0.2, 0.25) is 0 Å². The van der Waals surface area contributed by atoms with Gasteiger partial charge in [-0.15, -0.1) is 0 Å². The Hall–Kier alpha value is -2.30. The van der Waals surface area contributed by atoms with E-state index < -0.39 is 0 Å². The Kier molecular flexibility index (Phi) is 4.49. The molecule has 3 aromatic rings. The summed E-state index contributed by atoms with van der Waals surface area (Å²) in [6.07, 6.45) is 1.35. The fraction of sp³-hybridized carbons (Fsp3) is 0.240. The van der Waals surface area contributed by atoms with Gasteiger partial charge in [0, 0.05) is 22.9 Å². The molecule has 3 aromatic carbocycles. The lowest BCUT2D eigenvalue weighted by atomic mass is 9.68. The Morgan fingerprint density at radius 3 is 2.67 bits per heavy atom. The molecule has 152 valence electrons. The molecule has 0 radical (unpaired) electrons. The van der Waals surface area contributed by atoms with Crippen molar-refractivity contribution in [1.29, 1.82) is 0 Å². The predicted octanol–water partition coefficient (Wildman–Crippen LogP) is 7.27. The zero-order valence-corrected chi connectivity index (χ0v) is 19.1. The van der Waals surface area contributed by atoms with Gasteiger partial charge in [-0.05, 0) is 56.4 Å². The summed E-state index contributed by atoms with van der Waals surface area (Å²) in [6.45, 7) is 4.31. The number of halogens is 2. The van der Waals surface area contributed by atoms with Crippen molar-refractivity contribution in [2.75, 3.05) is 5.32 Å².